The number of carbonyl (C=O) groups is 1. The highest BCUT2D eigenvalue weighted by Crippen LogP contribution is 2.32. The molecule has 30 heavy (non-hydrogen) atoms. The molecule has 2 rings (SSSR count). The summed E-state index contributed by atoms with van der Waals surface area (Å²) in [5.41, 5.74) is -0.706. The topological polar surface area (TPSA) is 81.7 Å². The van der Waals surface area contributed by atoms with Gasteiger partial charge < -0.3 is 9.47 Å². The molecule has 0 aliphatic carbocycles. The van der Waals surface area contributed by atoms with Gasteiger partial charge in [-0.05, 0) is 35.7 Å². The number of methoxy groups -OCH3 is 1. The molecule has 2 atom stereocenters. The molecular formula is C23H29NO5S. The number of hydrogen-bond acceptors (Lipinski definition) is 5. The van der Waals surface area contributed by atoms with E-state index in [0.717, 1.165) is 5.56 Å². The molecule has 2 aromatic rings. The van der Waals surface area contributed by atoms with Crippen LogP contribution in [0, 0.1) is 11.8 Å². The van der Waals surface area contributed by atoms with Crippen LogP contribution in [0.3, 0.4) is 0 Å². The molecular weight excluding hydrogens is 402 g/mol. The summed E-state index contributed by atoms with van der Waals surface area (Å²) in [6.45, 7) is 9.12. The van der Waals surface area contributed by atoms with Crippen molar-refractivity contribution < 1.29 is 22.7 Å². The van der Waals surface area contributed by atoms with Crippen LogP contribution < -0.4 is 9.46 Å². The van der Waals surface area contributed by atoms with E-state index in [2.05, 4.69) is 11.3 Å². The van der Waals surface area contributed by atoms with Gasteiger partial charge in [-0.25, -0.2) is 13.2 Å². The lowest BCUT2D eigenvalue weighted by Gasteiger charge is -2.39. The summed E-state index contributed by atoms with van der Waals surface area (Å²) in [6, 6.07) is 15.2. The highest BCUT2D eigenvalue weighted by molar-refractivity contribution is 7.89. The van der Waals surface area contributed by atoms with E-state index < -0.39 is 33.4 Å². The lowest BCUT2D eigenvalue weighted by Crippen LogP contribution is -2.62. The molecule has 0 amide bonds. The summed E-state index contributed by atoms with van der Waals surface area (Å²) in [5, 5.41) is 0. The Balaban J connectivity index is 2.39. The Labute approximate surface area is 179 Å². The largest absolute Gasteiger partial charge is 0.497 e. The molecule has 7 heteroatoms. The molecule has 0 aliphatic rings. The van der Waals surface area contributed by atoms with Crippen molar-refractivity contribution in [3.8, 4) is 5.75 Å². The third kappa shape index (κ3) is 5.09. The van der Waals surface area contributed by atoms with Crippen molar-refractivity contribution in [3.63, 3.8) is 0 Å². The van der Waals surface area contributed by atoms with E-state index in [1.165, 1.54) is 19.2 Å². The summed E-state index contributed by atoms with van der Waals surface area (Å²) in [5.74, 6) is -1.03. The Hall–Kier alpha value is -2.64. The second-order valence-corrected chi connectivity index (χ2v) is 9.07. The molecule has 0 bridgehead atoms. The van der Waals surface area contributed by atoms with Gasteiger partial charge in [-0.2, -0.15) is 4.72 Å². The molecule has 1 unspecified atom stereocenters. The Morgan fingerprint density at radius 1 is 1.10 bits per heavy atom. The number of hydrogen-bond donors (Lipinski definition) is 1. The van der Waals surface area contributed by atoms with E-state index in [0.29, 0.717) is 5.75 Å². The molecule has 0 heterocycles. The van der Waals surface area contributed by atoms with Gasteiger partial charge in [-0.1, -0.05) is 57.2 Å². The van der Waals surface area contributed by atoms with Gasteiger partial charge >= 0.3 is 5.97 Å². The Morgan fingerprint density at radius 3 is 2.20 bits per heavy atom. The van der Waals surface area contributed by atoms with E-state index >= 15 is 0 Å². The average Bonchev–Trinajstić information content (AvgIpc) is 2.75. The first-order chi connectivity index (χ1) is 14.2. The zero-order valence-electron chi connectivity index (χ0n) is 17.8. The van der Waals surface area contributed by atoms with Crippen LogP contribution in [0.15, 0.2) is 72.1 Å². The van der Waals surface area contributed by atoms with Gasteiger partial charge in [0, 0.05) is 5.92 Å². The fourth-order valence-electron chi connectivity index (χ4n) is 3.26. The number of esters is 1. The lowest BCUT2D eigenvalue weighted by atomic mass is 9.77. The third-order valence-electron chi connectivity index (χ3n) is 5.21. The van der Waals surface area contributed by atoms with Gasteiger partial charge in [0.05, 0.1) is 12.0 Å². The first-order valence-electron chi connectivity index (χ1n) is 9.69. The van der Waals surface area contributed by atoms with Crippen LogP contribution in [-0.4, -0.2) is 27.0 Å². The first kappa shape index (κ1) is 23.6. The van der Waals surface area contributed by atoms with Crippen LogP contribution >= 0.6 is 0 Å². The number of benzene rings is 2. The maximum atomic E-state index is 13.3. The molecule has 6 nitrogen and oxygen atoms in total. The maximum absolute atomic E-state index is 13.3. The van der Waals surface area contributed by atoms with Crippen molar-refractivity contribution in [3.05, 3.63) is 72.8 Å². The second kappa shape index (κ2) is 9.91. The van der Waals surface area contributed by atoms with Crippen molar-refractivity contribution >= 4 is 16.0 Å². The zero-order chi connectivity index (χ0) is 22.4. The normalized spacial score (nSPS) is 14.6. The number of ether oxygens (including phenoxy) is 2. The van der Waals surface area contributed by atoms with Gasteiger partial charge in [0.25, 0.3) is 0 Å². The third-order valence-corrected chi connectivity index (χ3v) is 6.71. The Morgan fingerprint density at radius 2 is 1.70 bits per heavy atom. The van der Waals surface area contributed by atoms with Crippen molar-refractivity contribution in [1.29, 1.82) is 0 Å². The molecule has 2 aromatic carbocycles. The van der Waals surface area contributed by atoms with Crippen LogP contribution in [0.5, 0.6) is 5.75 Å². The molecule has 1 N–H and O–H groups in total. The smallest absolute Gasteiger partial charge is 0.328 e. The maximum Gasteiger partial charge on any atom is 0.328 e. The fraction of sp³-hybridized carbons (Fsp3) is 0.348. The summed E-state index contributed by atoms with van der Waals surface area (Å²) in [7, 11) is -2.53. The fourth-order valence-corrected chi connectivity index (χ4v) is 4.83. The van der Waals surface area contributed by atoms with Gasteiger partial charge in [0.1, 0.15) is 17.9 Å². The van der Waals surface area contributed by atoms with E-state index in [1.54, 1.807) is 39.0 Å². The Kier molecular flexibility index (Phi) is 7.81. The molecule has 0 aliphatic heterocycles. The summed E-state index contributed by atoms with van der Waals surface area (Å²) in [6.07, 6.45) is 1.56. The standard InChI is InChI=1S/C23H29NO5S/c1-6-18(4)23(17(2)3,22(25)29-16-19-10-8-7-9-11-19)24-30(26,27)21-14-12-20(28-5)13-15-21/h6-15,17-18,24H,1,16H2,2-5H3/t18?,23-/m1/s1. The number of carbonyl (C=O) groups excluding carboxylic acids is 1. The van der Waals surface area contributed by atoms with Crippen LogP contribution in [0.4, 0.5) is 0 Å². The van der Waals surface area contributed by atoms with Gasteiger partial charge in [-0.15, -0.1) is 6.58 Å². The number of rotatable bonds is 10. The van der Waals surface area contributed by atoms with Crippen LogP contribution in [0.1, 0.15) is 26.3 Å². The second-order valence-electron chi connectivity index (χ2n) is 7.39. The predicted molar refractivity (Wildman–Crippen MR) is 116 cm³/mol. The lowest BCUT2D eigenvalue weighted by molar-refractivity contribution is -0.156. The highest BCUT2D eigenvalue weighted by atomic mass is 32.2. The number of nitrogens with one attached hydrogen (secondary N) is 1. The van der Waals surface area contributed by atoms with Gasteiger partial charge in [-0.3, -0.25) is 0 Å². The minimum Gasteiger partial charge on any atom is -0.497 e. The summed E-state index contributed by atoms with van der Waals surface area (Å²) in [4.78, 5) is 13.3. The zero-order valence-corrected chi connectivity index (χ0v) is 18.6. The minimum atomic E-state index is -4.03. The molecule has 162 valence electrons. The quantitative estimate of drug-likeness (QED) is 0.455. The SMILES string of the molecule is C=CC(C)[C@@](NS(=O)(=O)c1ccc(OC)cc1)(C(=O)OCc1ccccc1)C(C)C. The van der Waals surface area contributed by atoms with Crippen LogP contribution in [0.2, 0.25) is 0 Å². The van der Waals surface area contributed by atoms with Gasteiger partial charge in [0.2, 0.25) is 10.0 Å². The van der Waals surface area contributed by atoms with E-state index in [4.69, 9.17) is 9.47 Å². The Bertz CT molecular complexity index is 955. The average molecular weight is 432 g/mol. The van der Waals surface area contributed by atoms with Crippen LogP contribution in [-0.2, 0) is 26.2 Å². The molecule has 0 aromatic heterocycles. The summed E-state index contributed by atoms with van der Waals surface area (Å²) < 4.78 is 39.6. The first-order valence-corrected chi connectivity index (χ1v) is 11.2. The monoisotopic (exact) mass is 431 g/mol. The predicted octanol–water partition coefficient (Wildman–Crippen LogP) is 3.93. The molecule has 0 radical (unpaired) electrons. The summed E-state index contributed by atoms with van der Waals surface area (Å²) >= 11 is 0. The van der Waals surface area contributed by atoms with E-state index in [-0.39, 0.29) is 11.5 Å². The number of sulfonamides is 1. The van der Waals surface area contributed by atoms with Gasteiger partial charge in [0.15, 0.2) is 0 Å². The minimum absolute atomic E-state index is 0.0282. The van der Waals surface area contributed by atoms with Crippen molar-refractivity contribution in [2.75, 3.05) is 7.11 Å². The molecule has 0 spiro atoms. The highest BCUT2D eigenvalue weighted by Gasteiger charge is 2.49. The van der Waals surface area contributed by atoms with E-state index in [1.807, 2.05) is 30.3 Å². The molecule has 0 saturated carbocycles. The van der Waals surface area contributed by atoms with Crippen molar-refractivity contribution in [2.24, 2.45) is 11.8 Å². The van der Waals surface area contributed by atoms with Crippen molar-refractivity contribution in [1.82, 2.24) is 4.72 Å². The van der Waals surface area contributed by atoms with E-state index in [9.17, 15) is 13.2 Å². The van der Waals surface area contributed by atoms with Crippen molar-refractivity contribution in [2.45, 2.75) is 37.8 Å². The molecule has 0 saturated heterocycles. The molecule has 0 fully saturated rings. The van der Waals surface area contributed by atoms with Crippen LogP contribution in [0.25, 0.3) is 0 Å².